The van der Waals surface area contributed by atoms with Crippen molar-refractivity contribution >= 4 is 11.8 Å². The monoisotopic (exact) mass is 209 g/mol. The summed E-state index contributed by atoms with van der Waals surface area (Å²) >= 11 is 0. The Morgan fingerprint density at radius 1 is 1.73 bits per heavy atom. The van der Waals surface area contributed by atoms with Crippen LogP contribution in [0.4, 0.5) is 5.82 Å². The summed E-state index contributed by atoms with van der Waals surface area (Å²) in [6.07, 6.45) is 2.41. The van der Waals surface area contributed by atoms with E-state index in [1.165, 1.54) is 7.11 Å². The van der Waals surface area contributed by atoms with Gasteiger partial charge in [0.05, 0.1) is 7.11 Å². The summed E-state index contributed by atoms with van der Waals surface area (Å²) in [6, 6.07) is 0. The molecular weight excluding hydrogens is 194 g/mol. The van der Waals surface area contributed by atoms with Crippen LogP contribution in [-0.4, -0.2) is 22.6 Å². The maximum absolute atomic E-state index is 11.3. The molecule has 0 atom stereocenters. The third-order valence-electron chi connectivity index (χ3n) is 2.09. The highest BCUT2D eigenvalue weighted by Crippen LogP contribution is 2.16. The minimum absolute atomic E-state index is 0.177. The number of allylic oxidation sites excluding steroid dienone is 1. The summed E-state index contributed by atoms with van der Waals surface area (Å²) in [5.41, 5.74) is 5.97. The van der Waals surface area contributed by atoms with Crippen molar-refractivity contribution in [2.75, 3.05) is 12.8 Å². The molecule has 0 bridgehead atoms. The van der Waals surface area contributed by atoms with Gasteiger partial charge < -0.3 is 15.0 Å². The quantitative estimate of drug-likeness (QED) is 0.593. The van der Waals surface area contributed by atoms with Gasteiger partial charge in [0.2, 0.25) is 0 Å². The van der Waals surface area contributed by atoms with E-state index in [0.29, 0.717) is 18.8 Å². The lowest BCUT2D eigenvalue weighted by atomic mass is 10.4. The molecule has 1 aromatic rings. The van der Waals surface area contributed by atoms with Crippen LogP contribution in [0.5, 0.6) is 0 Å². The van der Waals surface area contributed by atoms with E-state index in [9.17, 15) is 4.79 Å². The van der Waals surface area contributed by atoms with Crippen LogP contribution in [0.3, 0.4) is 0 Å². The summed E-state index contributed by atoms with van der Waals surface area (Å²) in [5, 5.41) is 0. The largest absolute Gasteiger partial charge is 0.464 e. The summed E-state index contributed by atoms with van der Waals surface area (Å²) in [5.74, 6) is 0.580. The summed E-state index contributed by atoms with van der Waals surface area (Å²) in [6.45, 7) is 6.11. The van der Waals surface area contributed by atoms with E-state index in [1.54, 1.807) is 10.6 Å². The molecule has 82 valence electrons. The number of nitrogens with two attached hydrogens (primary N) is 1. The molecule has 15 heavy (non-hydrogen) atoms. The Morgan fingerprint density at radius 2 is 2.40 bits per heavy atom. The SMILES string of the molecule is C=CCn1c(CC)nc(C(=O)OC)c1N. The van der Waals surface area contributed by atoms with Crippen LogP contribution in [0.1, 0.15) is 23.2 Å². The van der Waals surface area contributed by atoms with Crippen molar-refractivity contribution < 1.29 is 9.53 Å². The second-order valence-corrected chi connectivity index (χ2v) is 3.01. The van der Waals surface area contributed by atoms with Gasteiger partial charge in [0, 0.05) is 13.0 Å². The number of hydrogen-bond donors (Lipinski definition) is 1. The number of carbonyl (C=O) groups is 1. The van der Waals surface area contributed by atoms with Crippen molar-refractivity contribution in [3.05, 3.63) is 24.2 Å². The molecule has 1 heterocycles. The first-order valence-electron chi connectivity index (χ1n) is 4.69. The maximum atomic E-state index is 11.3. The molecule has 0 saturated carbocycles. The van der Waals surface area contributed by atoms with Crippen LogP contribution in [0, 0.1) is 0 Å². The van der Waals surface area contributed by atoms with Crippen molar-refractivity contribution in [2.24, 2.45) is 0 Å². The number of imidazole rings is 1. The third-order valence-corrected chi connectivity index (χ3v) is 2.09. The van der Waals surface area contributed by atoms with Gasteiger partial charge in [-0.15, -0.1) is 6.58 Å². The van der Waals surface area contributed by atoms with Gasteiger partial charge in [-0.2, -0.15) is 0 Å². The fraction of sp³-hybridized carbons (Fsp3) is 0.400. The van der Waals surface area contributed by atoms with Crippen LogP contribution in [-0.2, 0) is 17.7 Å². The van der Waals surface area contributed by atoms with Crippen LogP contribution >= 0.6 is 0 Å². The molecule has 0 amide bonds. The first-order valence-corrected chi connectivity index (χ1v) is 4.69. The number of esters is 1. The molecule has 1 rings (SSSR count). The van der Waals surface area contributed by atoms with Gasteiger partial charge in [-0.05, 0) is 0 Å². The average Bonchev–Trinajstić information content (AvgIpc) is 2.56. The summed E-state index contributed by atoms with van der Waals surface area (Å²) in [7, 11) is 1.31. The van der Waals surface area contributed by atoms with Crippen molar-refractivity contribution in [2.45, 2.75) is 19.9 Å². The summed E-state index contributed by atoms with van der Waals surface area (Å²) in [4.78, 5) is 15.4. The highest BCUT2D eigenvalue weighted by molar-refractivity contribution is 5.92. The van der Waals surface area contributed by atoms with E-state index >= 15 is 0 Å². The van der Waals surface area contributed by atoms with Crippen LogP contribution in [0.25, 0.3) is 0 Å². The molecule has 0 spiro atoms. The Labute approximate surface area is 88.6 Å². The molecule has 0 aliphatic heterocycles. The van der Waals surface area contributed by atoms with Crippen molar-refractivity contribution in [1.82, 2.24) is 9.55 Å². The molecule has 0 aliphatic rings. The van der Waals surface area contributed by atoms with E-state index in [-0.39, 0.29) is 5.69 Å². The zero-order valence-corrected chi connectivity index (χ0v) is 8.99. The standard InChI is InChI=1S/C10H15N3O2/c1-4-6-13-7(5-2)12-8(9(13)11)10(14)15-3/h4H,1,5-6,11H2,2-3H3. The molecular formula is C10H15N3O2. The van der Waals surface area contributed by atoms with Crippen LogP contribution in [0.15, 0.2) is 12.7 Å². The number of aryl methyl sites for hydroxylation is 1. The van der Waals surface area contributed by atoms with Crippen LogP contribution in [0.2, 0.25) is 0 Å². The number of ether oxygens (including phenoxy) is 1. The molecule has 0 unspecified atom stereocenters. The maximum Gasteiger partial charge on any atom is 0.360 e. The molecule has 2 N–H and O–H groups in total. The lowest BCUT2D eigenvalue weighted by Crippen LogP contribution is -2.08. The number of nitrogen functional groups attached to an aromatic ring is 1. The van der Waals surface area contributed by atoms with Crippen molar-refractivity contribution in [1.29, 1.82) is 0 Å². The lowest BCUT2D eigenvalue weighted by Gasteiger charge is -2.04. The minimum atomic E-state index is -0.509. The van der Waals surface area contributed by atoms with Gasteiger partial charge in [-0.3, -0.25) is 0 Å². The van der Waals surface area contributed by atoms with Crippen molar-refractivity contribution in [3.63, 3.8) is 0 Å². The smallest absolute Gasteiger partial charge is 0.360 e. The van der Waals surface area contributed by atoms with E-state index in [4.69, 9.17) is 5.73 Å². The molecule has 5 heteroatoms. The fourth-order valence-corrected chi connectivity index (χ4v) is 1.36. The number of carbonyl (C=O) groups excluding carboxylic acids is 1. The third kappa shape index (κ3) is 2.01. The van der Waals surface area contributed by atoms with E-state index in [2.05, 4.69) is 16.3 Å². The van der Waals surface area contributed by atoms with Gasteiger partial charge in [-0.25, -0.2) is 9.78 Å². The van der Waals surface area contributed by atoms with Gasteiger partial charge in [0.25, 0.3) is 0 Å². The van der Waals surface area contributed by atoms with Crippen LogP contribution < -0.4 is 5.73 Å². The first kappa shape index (κ1) is 11.3. The predicted octanol–water partition coefficient (Wildman–Crippen LogP) is 1.00. The Bertz CT molecular complexity index is 382. The van der Waals surface area contributed by atoms with E-state index in [1.807, 2.05) is 6.92 Å². The minimum Gasteiger partial charge on any atom is -0.464 e. The number of rotatable bonds is 4. The second-order valence-electron chi connectivity index (χ2n) is 3.01. The number of nitrogens with zero attached hydrogens (tertiary/aromatic N) is 2. The topological polar surface area (TPSA) is 70.1 Å². The Hall–Kier alpha value is -1.78. The van der Waals surface area contributed by atoms with Gasteiger partial charge in [0.1, 0.15) is 11.6 Å². The normalized spacial score (nSPS) is 10.0. The molecule has 5 nitrogen and oxygen atoms in total. The highest BCUT2D eigenvalue weighted by Gasteiger charge is 2.19. The first-order chi connectivity index (χ1) is 7.15. The molecule has 0 saturated heterocycles. The number of hydrogen-bond acceptors (Lipinski definition) is 4. The zero-order chi connectivity index (χ0) is 11.4. The highest BCUT2D eigenvalue weighted by atomic mass is 16.5. The van der Waals surface area contributed by atoms with Crippen molar-refractivity contribution in [3.8, 4) is 0 Å². The Kier molecular flexibility index (Phi) is 3.49. The van der Waals surface area contributed by atoms with Gasteiger partial charge in [0.15, 0.2) is 5.69 Å². The lowest BCUT2D eigenvalue weighted by molar-refractivity contribution is 0.0595. The number of methoxy groups -OCH3 is 1. The average molecular weight is 209 g/mol. The Morgan fingerprint density at radius 3 is 2.87 bits per heavy atom. The number of aromatic nitrogens is 2. The zero-order valence-electron chi connectivity index (χ0n) is 8.99. The fourth-order valence-electron chi connectivity index (χ4n) is 1.36. The van der Waals surface area contributed by atoms with E-state index in [0.717, 1.165) is 5.82 Å². The molecule has 0 fully saturated rings. The Balaban J connectivity index is 3.20. The molecule has 0 radical (unpaired) electrons. The van der Waals surface area contributed by atoms with Gasteiger partial charge >= 0.3 is 5.97 Å². The second kappa shape index (κ2) is 4.63. The van der Waals surface area contributed by atoms with E-state index < -0.39 is 5.97 Å². The van der Waals surface area contributed by atoms with Gasteiger partial charge in [-0.1, -0.05) is 13.0 Å². The number of anilines is 1. The molecule has 1 aromatic heterocycles. The molecule has 0 aromatic carbocycles. The molecule has 0 aliphatic carbocycles. The summed E-state index contributed by atoms with van der Waals surface area (Å²) < 4.78 is 6.34. The predicted molar refractivity (Wildman–Crippen MR) is 57.6 cm³/mol.